The minimum Gasteiger partial charge on any atom is -1.00 e. The standard InChI is InChI=1S/C19H41ClNO4P.ClH/c1-21(2,3)17-19-25-26(22,23)24-18-15-13-11-9-7-5-4-6-8-10-12-14-16-20;/h4-19H2,1-3H3;1H. The Morgan fingerprint density at radius 1 is 0.741 bits per heavy atom. The van der Waals surface area contributed by atoms with Crippen molar-refractivity contribution in [2.75, 3.05) is 46.8 Å². The van der Waals surface area contributed by atoms with E-state index in [2.05, 4.69) is 0 Å². The zero-order valence-electron chi connectivity index (χ0n) is 17.6. The number of phosphoric ester groups is 1. The van der Waals surface area contributed by atoms with Crippen LogP contribution in [0.2, 0.25) is 0 Å². The van der Waals surface area contributed by atoms with E-state index in [0.717, 1.165) is 31.6 Å². The molecule has 0 aliphatic carbocycles. The summed E-state index contributed by atoms with van der Waals surface area (Å²) in [5, 5.41) is 0. The number of quaternary nitrogens is 1. The normalized spacial score (nSPS) is 14.0. The summed E-state index contributed by atoms with van der Waals surface area (Å²) < 4.78 is 22.4. The predicted molar refractivity (Wildman–Crippen MR) is 111 cm³/mol. The maximum Gasteiger partial charge on any atom is 0.472 e. The number of unbranched alkanes of at least 4 members (excludes halogenated alkanes) is 11. The van der Waals surface area contributed by atoms with Crippen molar-refractivity contribution in [1.82, 2.24) is 0 Å². The number of nitrogens with zero attached hydrogens (tertiary/aromatic N) is 1. The minimum atomic E-state index is -3.88. The smallest absolute Gasteiger partial charge is 0.472 e. The lowest BCUT2D eigenvalue weighted by atomic mass is 10.1. The maximum absolute atomic E-state index is 11.7. The number of hydrogen-bond donors (Lipinski definition) is 1. The van der Waals surface area contributed by atoms with Crippen LogP contribution in [0, 0.1) is 0 Å². The summed E-state index contributed by atoms with van der Waals surface area (Å²) in [5.41, 5.74) is 0. The average molecular weight is 450 g/mol. The van der Waals surface area contributed by atoms with Crippen LogP contribution in [0.15, 0.2) is 0 Å². The van der Waals surface area contributed by atoms with Crippen LogP contribution >= 0.6 is 19.4 Å². The molecule has 27 heavy (non-hydrogen) atoms. The lowest BCUT2D eigenvalue weighted by molar-refractivity contribution is -0.870. The third kappa shape index (κ3) is 24.6. The number of likely N-dealkylation sites (N-methyl/N-ethyl adjacent to an activating group) is 1. The van der Waals surface area contributed by atoms with Gasteiger partial charge in [0.15, 0.2) is 0 Å². The van der Waals surface area contributed by atoms with E-state index in [-0.39, 0.29) is 19.0 Å². The van der Waals surface area contributed by atoms with Gasteiger partial charge < -0.3 is 21.8 Å². The van der Waals surface area contributed by atoms with Crippen molar-refractivity contribution >= 4 is 19.4 Å². The van der Waals surface area contributed by atoms with E-state index in [1.165, 1.54) is 51.4 Å². The summed E-state index contributed by atoms with van der Waals surface area (Å²) in [5.74, 6) is 0.796. The van der Waals surface area contributed by atoms with E-state index in [9.17, 15) is 9.46 Å². The van der Waals surface area contributed by atoms with Gasteiger partial charge in [-0.15, -0.1) is 11.6 Å². The molecule has 0 heterocycles. The molecule has 0 spiro atoms. The van der Waals surface area contributed by atoms with E-state index < -0.39 is 7.82 Å². The Morgan fingerprint density at radius 2 is 1.11 bits per heavy atom. The second kappa shape index (κ2) is 18.7. The summed E-state index contributed by atoms with van der Waals surface area (Å²) in [4.78, 5) is 9.60. The predicted octanol–water partition coefficient (Wildman–Crippen LogP) is 2.75. The molecule has 0 fully saturated rings. The van der Waals surface area contributed by atoms with Gasteiger partial charge in [0.2, 0.25) is 0 Å². The molecule has 1 unspecified atom stereocenters. The topological polar surface area (TPSA) is 55.8 Å². The first-order valence-corrected chi connectivity index (χ1v) is 12.3. The van der Waals surface area contributed by atoms with E-state index in [0.29, 0.717) is 17.6 Å². The van der Waals surface area contributed by atoms with Crippen LogP contribution in [0.3, 0.4) is 0 Å². The molecule has 0 bridgehead atoms. The van der Waals surface area contributed by atoms with Crippen LogP contribution in [0.25, 0.3) is 0 Å². The first-order chi connectivity index (χ1) is 12.3. The molecule has 1 atom stereocenters. The monoisotopic (exact) mass is 449 g/mol. The van der Waals surface area contributed by atoms with Crippen molar-refractivity contribution in [3.05, 3.63) is 0 Å². The highest BCUT2D eigenvalue weighted by molar-refractivity contribution is 7.47. The molecular formula is C19H42Cl2NO4P. The van der Waals surface area contributed by atoms with Gasteiger partial charge in [-0.1, -0.05) is 64.2 Å². The molecular weight excluding hydrogens is 408 g/mol. The molecule has 0 rings (SSSR count). The molecule has 0 aromatic carbocycles. The molecule has 0 saturated heterocycles. The van der Waals surface area contributed by atoms with Gasteiger partial charge in [0.1, 0.15) is 13.2 Å². The molecule has 0 aromatic rings. The highest BCUT2D eigenvalue weighted by atomic mass is 35.5. The van der Waals surface area contributed by atoms with Gasteiger partial charge in [-0.25, -0.2) is 4.57 Å². The minimum absolute atomic E-state index is 0. The summed E-state index contributed by atoms with van der Waals surface area (Å²) in [6, 6.07) is 0. The van der Waals surface area contributed by atoms with Gasteiger partial charge >= 0.3 is 7.82 Å². The molecule has 166 valence electrons. The van der Waals surface area contributed by atoms with Gasteiger partial charge in [-0.2, -0.15) is 0 Å². The molecule has 5 nitrogen and oxygen atoms in total. The number of alkyl halides is 1. The summed E-state index contributed by atoms with van der Waals surface area (Å²) >= 11 is 5.66. The quantitative estimate of drug-likeness (QED) is 0.142. The first kappa shape index (κ1) is 29.8. The fourth-order valence-electron chi connectivity index (χ4n) is 2.61. The fourth-order valence-corrected chi connectivity index (χ4v) is 3.55. The van der Waals surface area contributed by atoms with Gasteiger partial charge in [0.25, 0.3) is 0 Å². The molecule has 1 N–H and O–H groups in total. The number of phosphoric acid groups is 1. The van der Waals surface area contributed by atoms with Crippen molar-refractivity contribution in [1.29, 1.82) is 0 Å². The van der Waals surface area contributed by atoms with Crippen LogP contribution in [0.4, 0.5) is 0 Å². The zero-order valence-corrected chi connectivity index (χ0v) is 20.0. The van der Waals surface area contributed by atoms with Gasteiger partial charge in [-0.05, 0) is 12.8 Å². The lowest BCUT2D eigenvalue weighted by Crippen LogP contribution is -3.00. The van der Waals surface area contributed by atoms with Crippen LogP contribution in [0.5, 0.6) is 0 Å². The number of hydrogen-bond acceptors (Lipinski definition) is 3. The third-order valence-electron chi connectivity index (χ3n) is 4.30. The Balaban J connectivity index is 0. The zero-order chi connectivity index (χ0) is 19.7. The van der Waals surface area contributed by atoms with E-state index in [1.807, 2.05) is 21.1 Å². The molecule has 0 aromatic heterocycles. The number of halogens is 2. The highest BCUT2D eigenvalue weighted by Gasteiger charge is 2.21. The molecule has 0 amide bonds. The van der Waals surface area contributed by atoms with Crippen molar-refractivity contribution in [3.63, 3.8) is 0 Å². The van der Waals surface area contributed by atoms with Crippen LogP contribution < -0.4 is 12.4 Å². The average Bonchev–Trinajstić information content (AvgIpc) is 2.53. The van der Waals surface area contributed by atoms with E-state index >= 15 is 0 Å². The van der Waals surface area contributed by atoms with Gasteiger partial charge in [-0.3, -0.25) is 9.05 Å². The Morgan fingerprint density at radius 3 is 1.52 bits per heavy atom. The summed E-state index contributed by atoms with van der Waals surface area (Å²) in [6.45, 7) is 1.19. The van der Waals surface area contributed by atoms with Crippen molar-refractivity contribution < 1.29 is 35.4 Å². The van der Waals surface area contributed by atoms with Gasteiger partial charge in [0.05, 0.1) is 27.7 Å². The molecule has 8 heteroatoms. The third-order valence-corrected chi connectivity index (χ3v) is 5.58. The summed E-state index contributed by atoms with van der Waals surface area (Å²) in [6.07, 6.45) is 14.6. The second-order valence-electron chi connectivity index (χ2n) is 8.08. The number of rotatable bonds is 19. The first-order valence-electron chi connectivity index (χ1n) is 10.3. The summed E-state index contributed by atoms with van der Waals surface area (Å²) in [7, 11) is 2.15. The van der Waals surface area contributed by atoms with E-state index in [4.69, 9.17) is 20.6 Å². The van der Waals surface area contributed by atoms with Crippen LogP contribution in [0.1, 0.15) is 77.0 Å². The maximum atomic E-state index is 11.7. The van der Waals surface area contributed by atoms with Crippen LogP contribution in [-0.4, -0.2) is 56.2 Å². The van der Waals surface area contributed by atoms with Gasteiger partial charge in [0, 0.05) is 5.88 Å². The van der Waals surface area contributed by atoms with Crippen molar-refractivity contribution in [2.24, 2.45) is 0 Å². The largest absolute Gasteiger partial charge is 1.00 e. The Labute approximate surface area is 178 Å². The highest BCUT2D eigenvalue weighted by Crippen LogP contribution is 2.43. The van der Waals surface area contributed by atoms with Crippen LogP contribution in [-0.2, 0) is 13.6 Å². The molecule has 0 radical (unpaired) electrons. The Hall–Kier alpha value is 0.650. The van der Waals surface area contributed by atoms with E-state index in [1.54, 1.807) is 0 Å². The Kier molecular flexibility index (Phi) is 20.6. The lowest BCUT2D eigenvalue weighted by Gasteiger charge is -2.24. The molecule has 0 saturated carbocycles. The Bertz CT molecular complexity index is 368. The van der Waals surface area contributed by atoms with Crippen molar-refractivity contribution in [2.45, 2.75) is 77.0 Å². The SMILES string of the molecule is C[N+](C)(C)CCOP(=O)(O)OCCCCCCCCCCCCCCCl.[Cl-]. The molecule has 0 aliphatic rings. The van der Waals surface area contributed by atoms with Crippen molar-refractivity contribution in [3.8, 4) is 0 Å². The molecule has 0 aliphatic heterocycles. The fraction of sp³-hybridized carbons (Fsp3) is 1.00. The second-order valence-corrected chi connectivity index (χ2v) is 9.91.